The second-order valence-corrected chi connectivity index (χ2v) is 8.67. The number of hydrazone groups is 1. The van der Waals surface area contributed by atoms with Crippen molar-refractivity contribution in [2.75, 3.05) is 11.9 Å². The molecule has 0 radical (unpaired) electrons. The van der Waals surface area contributed by atoms with E-state index in [1.54, 1.807) is 61.5 Å². The van der Waals surface area contributed by atoms with Crippen molar-refractivity contribution in [2.45, 2.75) is 6.92 Å². The maximum atomic E-state index is 12.8. The lowest BCUT2D eigenvalue weighted by molar-refractivity contribution is 0.0694. The lowest BCUT2D eigenvalue weighted by Crippen LogP contribution is -2.21. The minimum absolute atomic E-state index is 0.0542. The van der Waals surface area contributed by atoms with Crippen LogP contribution in [-0.2, 0) is 0 Å². The number of anilines is 1. The second kappa shape index (κ2) is 12.8. The van der Waals surface area contributed by atoms with Gasteiger partial charge in [0.05, 0.1) is 40.9 Å². The molecule has 4 rings (SSSR count). The molecule has 0 bridgehead atoms. The summed E-state index contributed by atoms with van der Waals surface area (Å²) in [6, 6.07) is 18.8. The number of furan rings is 1. The zero-order valence-corrected chi connectivity index (χ0v) is 22.0. The molecule has 11 heteroatoms. The van der Waals surface area contributed by atoms with Crippen molar-refractivity contribution in [2.24, 2.45) is 5.10 Å². The fourth-order valence-corrected chi connectivity index (χ4v) is 3.88. The number of benzene rings is 3. The van der Waals surface area contributed by atoms with Crippen molar-refractivity contribution in [1.82, 2.24) is 5.43 Å². The maximum Gasteiger partial charge on any atom is 0.379 e. The number of amides is 2. The van der Waals surface area contributed by atoms with Crippen LogP contribution in [0.2, 0.25) is 10.0 Å². The number of carbonyl (C=O) groups is 3. The second-order valence-electron chi connectivity index (χ2n) is 7.83. The molecule has 2 N–H and O–H groups in total. The third-order valence-corrected chi connectivity index (χ3v) is 5.72. The smallest absolute Gasteiger partial charge is 0.379 e. The number of nitrogens with zero attached hydrogens (tertiary/aromatic N) is 1. The minimum atomic E-state index is -0.668. The topological polar surface area (TPSA) is 119 Å². The first-order valence-corrected chi connectivity index (χ1v) is 12.3. The highest BCUT2D eigenvalue weighted by atomic mass is 35.5. The van der Waals surface area contributed by atoms with E-state index < -0.39 is 17.8 Å². The molecule has 198 valence electrons. The molecular formula is C28H21Cl2N3O6. The van der Waals surface area contributed by atoms with Crippen LogP contribution in [0, 0.1) is 0 Å². The van der Waals surface area contributed by atoms with Crippen molar-refractivity contribution >= 4 is 52.9 Å². The summed E-state index contributed by atoms with van der Waals surface area (Å²) in [5.41, 5.74) is 3.66. The Hall–Kier alpha value is -4.60. The fourth-order valence-electron chi connectivity index (χ4n) is 3.38. The predicted molar refractivity (Wildman–Crippen MR) is 147 cm³/mol. The molecule has 1 heterocycles. The largest absolute Gasteiger partial charge is 0.490 e. The Morgan fingerprint density at radius 2 is 1.74 bits per heavy atom. The number of esters is 1. The fraction of sp³-hybridized carbons (Fsp3) is 0.0714. The van der Waals surface area contributed by atoms with Crippen LogP contribution in [0.3, 0.4) is 0 Å². The summed E-state index contributed by atoms with van der Waals surface area (Å²) in [5, 5.41) is 7.26. The van der Waals surface area contributed by atoms with Gasteiger partial charge in [-0.05, 0) is 73.2 Å². The zero-order chi connectivity index (χ0) is 27.8. The molecule has 0 atom stereocenters. The summed E-state index contributed by atoms with van der Waals surface area (Å²) in [5.74, 6) is -1.17. The Kier molecular flexibility index (Phi) is 8.98. The summed E-state index contributed by atoms with van der Waals surface area (Å²) in [7, 11) is 0. The van der Waals surface area contributed by atoms with Gasteiger partial charge in [-0.3, -0.25) is 9.59 Å². The first kappa shape index (κ1) is 27.4. The van der Waals surface area contributed by atoms with Gasteiger partial charge in [0.15, 0.2) is 11.5 Å². The van der Waals surface area contributed by atoms with Crippen molar-refractivity contribution < 1.29 is 28.3 Å². The van der Waals surface area contributed by atoms with Gasteiger partial charge in [0.25, 0.3) is 11.8 Å². The Bertz CT molecular complexity index is 1540. The van der Waals surface area contributed by atoms with Gasteiger partial charge in [-0.25, -0.2) is 10.2 Å². The van der Waals surface area contributed by atoms with Crippen LogP contribution in [-0.4, -0.2) is 30.6 Å². The molecule has 0 aliphatic carbocycles. The first-order valence-electron chi connectivity index (χ1n) is 11.6. The van der Waals surface area contributed by atoms with E-state index in [4.69, 9.17) is 37.1 Å². The van der Waals surface area contributed by atoms with E-state index in [2.05, 4.69) is 15.8 Å². The third kappa shape index (κ3) is 7.04. The molecule has 1 aromatic heterocycles. The van der Waals surface area contributed by atoms with E-state index in [9.17, 15) is 14.4 Å². The average Bonchev–Trinajstić information content (AvgIpc) is 3.46. The van der Waals surface area contributed by atoms with Gasteiger partial charge >= 0.3 is 5.97 Å². The summed E-state index contributed by atoms with van der Waals surface area (Å²) in [6.07, 6.45) is 2.77. The molecule has 0 saturated heterocycles. The maximum absolute atomic E-state index is 12.8. The van der Waals surface area contributed by atoms with Gasteiger partial charge in [-0.1, -0.05) is 35.3 Å². The van der Waals surface area contributed by atoms with E-state index >= 15 is 0 Å². The molecule has 4 aromatic rings. The molecule has 0 saturated carbocycles. The number of hydrogen-bond acceptors (Lipinski definition) is 7. The number of nitrogens with one attached hydrogen (secondary N) is 2. The summed E-state index contributed by atoms with van der Waals surface area (Å²) in [6.45, 7) is 2.11. The van der Waals surface area contributed by atoms with Crippen LogP contribution in [0.5, 0.6) is 11.5 Å². The molecule has 0 aliphatic heterocycles. The molecule has 0 aliphatic rings. The third-order valence-electron chi connectivity index (χ3n) is 5.17. The molecule has 3 aromatic carbocycles. The zero-order valence-electron chi connectivity index (χ0n) is 20.4. The van der Waals surface area contributed by atoms with Gasteiger partial charge in [0.2, 0.25) is 5.76 Å². The van der Waals surface area contributed by atoms with Gasteiger partial charge in [-0.15, -0.1) is 0 Å². The van der Waals surface area contributed by atoms with E-state index in [0.29, 0.717) is 22.9 Å². The number of carbonyl (C=O) groups excluding carboxylic acids is 3. The van der Waals surface area contributed by atoms with Crippen LogP contribution in [0.1, 0.15) is 43.8 Å². The molecule has 39 heavy (non-hydrogen) atoms. The van der Waals surface area contributed by atoms with Gasteiger partial charge < -0.3 is 19.2 Å². The Balaban J connectivity index is 1.44. The molecule has 2 amide bonds. The highest BCUT2D eigenvalue weighted by molar-refractivity contribution is 6.37. The van der Waals surface area contributed by atoms with Crippen LogP contribution in [0.25, 0.3) is 0 Å². The highest BCUT2D eigenvalue weighted by Crippen LogP contribution is 2.29. The Labute approximate surface area is 233 Å². The van der Waals surface area contributed by atoms with Crippen molar-refractivity contribution in [3.05, 3.63) is 112 Å². The van der Waals surface area contributed by atoms with Crippen molar-refractivity contribution in [3.63, 3.8) is 0 Å². The molecule has 0 unspecified atom stereocenters. The van der Waals surface area contributed by atoms with Crippen molar-refractivity contribution in [3.8, 4) is 11.5 Å². The van der Waals surface area contributed by atoms with E-state index in [1.807, 2.05) is 0 Å². The quantitative estimate of drug-likeness (QED) is 0.107. The number of halogens is 2. The van der Waals surface area contributed by atoms with Gasteiger partial charge in [-0.2, -0.15) is 5.10 Å². The monoisotopic (exact) mass is 565 g/mol. The summed E-state index contributed by atoms with van der Waals surface area (Å²) in [4.78, 5) is 37.8. The summed E-state index contributed by atoms with van der Waals surface area (Å²) >= 11 is 12.0. The average molecular weight is 566 g/mol. The molecule has 0 fully saturated rings. The van der Waals surface area contributed by atoms with Gasteiger partial charge in [0, 0.05) is 5.02 Å². The number of rotatable bonds is 9. The SMILES string of the molecule is CCOc1cc(/C=N\NC(=O)c2ccccc2NC(=O)c2ccc(Cl)cc2Cl)ccc1OC(=O)c1ccco1. The van der Waals surface area contributed by atoms with Crippen LogP contribution >= 0.6 is 23.2 Å². The van der Waals surface area contributed by atoms with E-state index in [1.165, 1.54) is 30.7 Å². The van der Waals surface area contributed by atoms with Gasteiger partial charge in [0.1, 0.15) is 0 Å². The van der Waals surface area contributed by atoms with E-state index in [0.717, 1.165) is 0 Å². The highest BCUT2D eigenvalue weighted by Gasteiger charge is 2.17. The van der Waals surface area contributed by atoms with Crippen LogP contribution in [0.4, 0.5) is 5.69 Å². The van der Waals surface area contributed by atoms with Crippen LogP contribution < -0.4 is 20.2 Å². The number of ether oxygens (including phenoxy) is 2. The number of hydrogen-bond donors (Lipinski definition) is 2. The normalized spacial score (nSPS) is 10.7. The lowest BCUT2D eigenvalue weighted by Gasteiger charge is -2.11. The minimum Gasteiger partial charge on any atom is -0.490 e. The summed E-state index contributed by atoms with van der Waals surface area (Å²) < 4.78 is 16.0. The molecular weight excluding hydrogens is 545 g/mol. The van der Waals surface area contributed by atoms with Crippen LogP contribution in [0.15, 0.2) is 88.6 Å². The first-order chi connectivity index (χ1) is 18.9. The predicted octanol–water partition coefficient (Wildman–Crippen LogP) is 6.22. The standard InChI is InChI=1S/C28H21Cl2N3O6/c1-2-37-25-14-17(9-12-23(25)39-28(36)24-8-5-13-38-24)16-31-33-27(35)20-6-3-4-7-22(20)32-26(34)19-11-10-18(29)15-21(19)30/h3-16H,2H2,1H3,(H,32,34)(H,33,35)/b31-16-. The Morgan fingerprint density at radius 1 is 0.923 bits per heavy atom. The molecule has 9 nitrogen and oxygen atoms in total. The lowest BCUT2D eigenvalue weighted by atomic mass is 10.1. The van der Waals surface area contributed by atoms with Crippen molar-refractivity contribution in [1.29, 1.82) is 0 Å². The molecule has 0 spiro atoms. The number of para-hydroxylation sites is 1. The Morgan fingerprint density at radius 3 is 2.49 bits per heavy atom. The van der Waals surface area contributed by atoms with E-state index in [-0.39, 0.29) is 33.3 Å².